The molecule has 108 valence electrons. The summed E-state index contributed by atoms with van der Waals surface area (Å²) in [4.78, 5) is 13.8. The van der Waals surface area contributed by atoms with Gasteiger partial charge in [-0.25, -0.2) is 0 Å². The van der Waals surface area contributed by atoms with Crippen LogP contribution in [0.1, 0.15) is 18.4 Å². The molecule has 0 spiro atoms. The average Bonchev–Trinajstić information content (AvgIpc) is 2.46. The summed E-state index contributed by atoms with van der Waals surface area (Å²) in [5, 5.41) is 2.85. The average molecular weight is 275 g/mol. The van der Waals surface area contributed by atoms with Crippen molar-refractivity contribution in [3.05, 3.63) is 23.8 Å². The van der Waals surface area contributed by atoms with Crippen LogP contribution in [-0.2, 0) is 11.2 Å². The van der Waals surface area contributed by atoms with Crippen LogP contribution in [-0.4, -0.2) is 43.1 Å². The molecule has 0 radical (unpaired) electrons. The molecule has 1 saturated heterocycles. The molecule has 0 bridgehead atoms. The van der Waals surface area contributed by atoms with Crippen molar-refractivity contribution in [2.24, 2.45) is 5.73 Å². The van der Waals surface area contributed by atoms with Crippen LogP contribution in [0.2, 0.25) is 0 Å². The zero-order chi connectivity index (χ0) is 13.9. The maximum Gasteiger partial charge on any atom is 0.262 e. The lowest BCUT2D eigenvalue weighted by Gasteiger charge is -2.30. The van der Waals surface area contributed by atoms with Gasteiger partial charge >= 0.3 is 0 Å². The van der Waals surface area contributed by atoms with E-state index >= 15 is 0 Å². The monoisotopic (exact) mass is 275 g/mol. The second kappa shape index (κ2) is 5.81. The molecule has 2 aliphatic heterocycles. The number of ether oxygens (including phenoxy) is 1. The Morgan fingerprint density at radius 2 is 2.15 bits per heavy atom. The van der Waals surface area contributed by atoms with E-state index in [2.05, 4.69) is 16.3 Å². The molecule has 1 fully saturated rings. The maximum atomic E-state index is 11.3. The van der Waals surface area contributed by atoms with E-state index in [9.17, 15) is 4.79 Å². The Kier molecular flexibility index (Phi) is 3.89. The SMILES string of the molecule is NC1CCN(CCc2ccc3c(c2)NC(=O)CO3)CC1. The number of hydrogen-bond donors (Lipinski definition) is 2. The second-order valence-corrected chi connectivity index (χ2v) is 5.60. The van der Waals surface area contributed by atoms with Gasteiger partial charge in [-0.1, -0.05) is 6.07 Å². The molecule has 5 nitrogen and oxygen atoms in total. The summed E-state index contributed by atoms with van der Waals surface area (Å²) in [7, 11) is 0. The number of likely N-dealkylation sites (tertiary alicyclic amines) is 1. The summed E-state index contributed by atoms with van der Waals surface area (Å²) in [6.45, 7) is 3.33. The van der Waals surface area contributed by atoms with Crippen molar-refractivity contribution < 1.29 is 9.53 Å². The first-order valence-corrected chi connectivity index (χ1v) is 7.24. The number of fused-ring (bicyclic) bond motifs is 1. The molecule has 2 heterocycles. The van der Waals surface area contributed by atoms with E-state index < -0.39 is 0 Å². The number of carbonyl (C=O) groups excluding carboxylic acids is 1. The Hall–Kier alpha value is -1.59. The predicted molar refractivity (Wildman–Crippen MR) is 77.9 cm³/mol. The van der Waals surface area contributed by atoms with Crippen LogP contribution in [0, 0.1) is 0 Å². The quantitative estimate of drug-likeness (QED) is 0.863. The number of anilines is 1. The van der Waals surface area contributed by atoms with Gasteiger partial charge in [-0.3, -0.25) is 4.79 Å². The molecule has 5 heteroatoms. The molecular formula is C15H21N3O2. The molecule has 0 atom stereocenters. The minimum atomic E-state index is -0.0836. The molecule has 20 heavy (non-hydrogen) atoms. The van der Waals surface area contributed by atoms with E-state index in [1.165, 1.54) is 5.56 Å². The smallest absolute Gasteiger partial charge is 0.262 e. The summed E-state index contributed by atoms with van der Waals surface area (Å²) < 4.78 is 5.36. The molecule has 0 unspecified atom stereocenters. The van der Waals surface area contributed by atoms with Crippen molar-refractivity contribution in [3.63, 3.8) is 0 Å². The Bertz CT molecular complexity index is 496. The fourth-order valence-corrected chi connectivity index (χ4v) is 2.75. The Morgan fingerprint density at radius 3 is 2.95 bits per heavy atom. The van der Waals surface area contributed by atoms with Gasteiger partial charge in [0.1, 0.15) is 5.75 Å². The highest BCUT2D eigenvalue weighted by atomic mass is 16.5. The first kappa shape index (κ1) is 13.4. The van der Waals surface area contributed by atoms with Gasteiger partial charge in [-0.05, 0) is 50.0 Å². The summed E-state index contributed by atoms with van der Waals surface area (Å²) in [5.74, 6) is 0.678. The van der Waals surface area contributed by atoms with E-state index in [1.807, 2.05) is 12.1 Å². The van der Waals surface area contributed by atoms with E-state index in [0.717, 1.165) is 50.3 Å². The molecule has 1 aromatic rings. The molecule has 0 aliphatic carbocycles. The second-order valence-electron chi connectivity index (χ2n) is 5.60. The van der Waals surface area contributed by atoms with Crippen molar-refractivity contribution in [1.29, 1.82) is 0 Å². The summed E-state index contributed by atoms with van der Waals surface area (Å²) in [5.41, 5.74) is 7.93. The topological polar surface area (TPSA) is 67.6 Å². The molecule has 1 amide bonds. The van der Waals surface area contributed by atoms with Crippen LogP contribution in [0.15, 0.2) is 18.2 Å². The van der Waals surface area contributed by atoms with E-state index in [4.69, 9.17) is 10.5 Å². The van der Waals surface area contributed by atoms with E-state index in [0.29, 0.717) is 6.04 Å². The summed E-state index contributed by atoms with van der Waals surface area (Å²) in [6, 6.07) is 6.41. The number of rotatable bonds is 3. The van der Waals surface area contributed by atoms with E-state index in [1.54, 1.807) is 0 Å². The summed E-state index contributed by atoms with van der Waals surface area (Å²) >= 11 is 0. The Morgan fingerprint density at radius 1 is 1.35 bits per heavy atom. The van der Waals surface area contributed by atoms with Gasteiger partial charge in [-0.2, -0.15) is 0 Å². The fourth-order valence-electron chi connectivity index (χ4n) is 2.75. The third-order valence-corrected chi connectivity index (χ3v) is 4.03. The lowest BCUT2D eigenvalue weighted by atomic mass is 10.0. The van der Waals surface area contributed by atoms with E-state index in [-0.39, 0.29) is 12.5 Å². The number of carbonyl (C=O) groups is 1. The van der Waals surface area contributed by atoms with Gasteiger partial charge in [0.05, 0.1) is 5.69 Å². The van der Waals surface area contributed by atoms with Gasteiger partial charge < -0.3 is 20.7 Å². The van der Waals surface area contributed by atoms with Crippen LogP contribution in [0.25, 0.3) is 0 Å². The molecule has 3 N–H and O–H groups in total. The van der Waals surface area contributed by atoms with Gasteiger partial charge in [-0.15, -0.1) is 0 Å². The van der Waals surface area contributed by atoms with Gasteiger partial charge in [0, 0.05) is 12.6 Å². The van der Waals surface area contributed by atoms with Gasteiger partial charge in [0.15, 0.2) is 6.61 Å². The number of nitrogens with one attached hydrogen (secondary N) is 1. The number of nitrogens with two attached hydrogens (primary N) is 1. The fraction of sp³-hybridized carbons (Fsp3) is 0.533. The predicted octanol–water partition coefficient (Wildman–Crippen LogP) is 0.983. The standard InChI is InChI=1S/C15H21N3O2/c16-12-4-7-18(8-5-12)6-3-11-1-2-14-13(9-11)17-15(19)10-20-14/h1-2,9,12H,3-8,10,16H2,(H,17,19). The van der Waals surface area contributed by atoms with Gasteiger partial charge in [0.25, 0.3) is 5.91 Å². The van der Waals surface area contributed by atoms with Crippen LogP contribution in [0.4, 0.5) is 5.69 Å². The van der Waals surface area contributed by atoms with Crippen LogP contribution in [0.3, 0.4) is 0 Å². The Labute approximate surface area is 119 Å². The van der Waals surface area contributed by atoms with Gasteiger partial charge in [0.2, 0.25) is 0 Å². The number of amides is 1. The van der Waals surface area contributed by atoms with Crippen molar-refractivity contribution in [3.8, 4) is 5.75 Å². The zero-order valence-electron chi connectivity index (χ0n) is 11.6. The largest absolute Gasteiger partial charge is 0.482 e. The minimum Gasteiger partial charge on any atom is -0.482 e. The van der Waals surface area contributed by atoms with Crippen molar-refractivity contribution in [2.45, 2.75) is 25.3 Å². The number of nitrogens with zero attached hydrogens (tertiary/aromatic N) is 1. The molecular weight excluding hydrogens is 254 g/mol. The molecule has 2 aliphatic rings. The lowest BCUT2D eigenvalue weighted by Crippen LogP contribution is -2.40. The number of hydrogen-bond acceptors (Lipinski definition) is 4. The number of benzene rings is 1. The van der Waals surface area contributed by atoms with Crippen LogP contribution in [0.5, 0.6) is 5.75 Å². The van der Waals surface area contributed by atoms with Crippen LogP contribution >= 0.6 is 0 Å². The van der Waals surface area contributed by atoms with Crippen molar-refractivity contribution >= 4 is 11.6 Å². The first-order valence-electron chi connectivity index (χ1n) is 7.24. The highest BCUT2D eigenvalue weighted by Crippen LogP contribution is 2.28. The lowest BCUT2D eigenvalue weighted by molar-refractivity contribution is -0.118. The molecule has 0 saturated carbocycles. The third kappa shape index (κ3) is 3.11. The van der Waals surface area contributed by atoms with Crippen molar-refractivity contribution in [1.82, 2.24) is 4.90 Å². The minimum absolute atomic E-state index is 0.0836. The zero-order valence-corrected chi connectivity index (χ0v) is 11.6. The highest BCUT2D eigenvalue weighted by Gasteiger charge is 2.17. The number of piperidine rings is 1. The maximum absolute atomic E-state index is 11.3. The normalized spacial score (nSPS) is 20.1. The Balaban J connectivity index is 1.58. The van der Waals surface area contributed by atoms with Crippen molar-refractivity contribution in [2.75, 3.05) is 31.6 Å². The molecule has 3 rings (SSSR count). The molecule has 1 aromatic carbocycles. The third-order valence-electron chi connectivity index (χ3n) is 4.03. The van der Waals surface area contributed by atoms with Crippen LogP contribution < -0.4 is 15.8 Å². The molecule has 0 aromatic heterocycles. The first-order chi connectivity index (χ1) is 9.70. The highest BCUT2D eigenvalue weighted by molar-refractivity contribution is 5.95. The summed E-state index contributed by atoms with van der Waals surface area (Å²) in [6.07, 6.45) is 3.17.